The minimum atomic E-state index is -0.215. The lowest BCUT2D eigenvalue weighted by Crippen LogP contribution is -2.38. The number of hydrogen-bond donors (Lipinski definition) is 2. The molecule has 0 spiro atoms. The van der Waals surface area contributed by atoms with Crippen molar-refractivity contribution in [1.29, 1.82) is 0 Å². The molecule has 0 aliphatic rings. The Hall–Kier alpha value is -1.70. The van der Waals surface area contributed by atoms with Gasteiger partial charge in [0, 0.05) is 19.0 Å². The first kappa shape index (κ1) is 16.4. The average Bonchev–Trinajstić information content (AvgIpc) is 2.92. The summed E-state index contributed by atoms with van der Waals surface area (Å²) in [5.74, 6) is -0.0632. The van der Waals surface area contributed by atoms with Crippen molar-refractivity contribution in [1.82, 2.24) is 14.5 Å². The topological polar surface area (TPSA) is 105 Å². The zero-order valence-corrected chi connectivity index (χ0v) is 13.0. The molecule has 0 saturated heterocycles. The molecule has 1 rings (SSSR count). The fraction of sp³-hybridized carbons (Fsp3) is 0.667. The SMILES string of the molecule is CCN(CC(C)C(N)=NO)C(=O)c1snnc1C(C)C. The molecule has 1 aromatic rings. The van der Waals surface area contributed by atoms with Gasteiger partial charge in [-0.25, -0.2) is 0 Å². The normalized spacial score (nSPS) is 13.6. The Kier molecular flexibility index (Phi) is 5.87. The predicted octanol–water partition coefficient (Wildman–Crippen LogP) is 1.51. The second-order valence-electron chi connectivity index (χ2n) is 4.91. The lowest BCUT2D eigenvalue weighted by molar-refractivity contribution is 0.0757. The molecule has 0 saturated carbocycles. The van der Waals surface area contributed by atoms with Gasteiger partial charge in [-0.3, -0.25) is 4.79 Å². The first-order valence-electron chi connectivity index (χ1n) is 6.51. The van der Waals surface area contributed by atoms with Gasteiger partial charge in [-0.05, 0) is 24.4 Å². The molecule has 0 fully saturated rings. The van der Waals surface area contributed by atoms with Crippen LogP contribution in [0.3, 0.4) is 0 Å². The maximum absolute atomic E-state index is 12.5. The molecule has 1 atom stereocenters. The number of rotatable bonds is 6. The zero-order valence-electron chi connectivity index (χ0n) is 12.2. The molecule has 0 bridgehead atoms. The second kappa shape index (κ2) is 7.18. The van der Waals surface area contributed by atoms with Gasteiger partial charge in [-0.2, -0.15) is 0 Å². The predicted molar refractivity (Wildman–Crippen MR) is 78.1 cm³/mol. The standard InChI is InChI=1S/C12H21N5O2S/c1-5-17(6-8(4)11(13)15-19)12(18)10-9(7(2)3)14-16-20-10/h7-8,19H,5-6H2,1-4H3,(H2,13,15). The Morgan fingerprint density at radius 2 is 2.15 bits per heavy atom. The summed E-state index contributed by atoms with van der Waals surface area (Å²) in [6.45, 7) is 8.57. The molecule has 0 aliphatic heterocycles. The highest BCUT2D eigenvalue weighted by atomic mass is 32.1. The highest BCUT2D eigenvalue weighted by Crippen LogP contribution is 2.21. The van der Waals surface area contributed by atoms with Crippen LogP contribution in [0, 0.1) is 5.92 Å². The number of carbonyl (C=O) groups excluding carboxylic acids is 1. The minimum Gasteiger partial charge on any atom is -0.409 e. The summed E-state index contributed by atoms with van der Waals surface area (Å²) >= 11 is 1.11. The molecule has 8 heteroatoms. The summed E-state index contributed by atoms with van der Waals surface area (Å²) in [6, 6.07) is 0. The molecule has 1 aromatic heterocycles. The summed E-state index contributed by atoms with van der Waals surface area (Å²) in [6.07, 6.45) is 0. The van der Waals surface area contributed by atoms with Crippen LogP contribution in [0.4, 0.5) is 0 Å². The van der Waals surface area contributed by atoms with Crippen molar-refractivity contribution in [3.8, 4) is 0 Å². The van der Waals surface area contributed by atoms with Crippen LogP contribution in [0.2, 0.25) is 0 Å². The number of oxime groups is 1. The molecule has 0 aliphatic carbocycles. The third-order valence-corrected chi connectivity index (χ3v) is 3.77. The van der Waals surface area contributed by atoms with Crippen molar-refractivity contribution in [2.75, 3.05) is 13.1 Å². The Morgan fingerprint density at radius 1 is 1.50 bits per heavy atom. The number of nitrogens with zero attached hydrogens (tertiary/aromatic N) is 4. The molecule has 1 amide bonds. The van der Waals surface area contributed by atoms with E-state index in [0.717, 1.165) is 17.2 Å². The monoisotopic (exact) mass is 299 g/mol. The fourth-order valence-electron chi connectivity index (χ4n) is 1.75. The second-order valence-corrected chi connectivity index (χ2v) is 5.67. The third-order valence-electron chi connectivity index (χ3n) is 3.04. The Balaban J connectivity index is 2.89. The van der Waals surface area contributed by atoms with Crippen LogP contribution in [0.25, 0.3) is 0 Å². The Labute approximate surface area is 122 Å². The van der Waals surface area contributed by atoms with Crippen molar-refractivity contribution in [3.63, 3.8) is 0 Å². The molecule has 7 nitrogen and oxygen atoms in total. The van der Waals surface area contributed by atoms with Crippen molar-refractivity contribution in [2.45, 2.75) is 33.6 Å². The smallest absolute Gasteiger partial charge is 0.267 e. The van der Waals surface area contributed by atoms with Crippen molar-refractivity contribution in [3.05, 3.63) is 10.6 Å². The Morgan fingerprint density at radius 3 is 2.65 bits per heavy atom. The van der Waals surface area contributed by atoms with Crippen molar-refractivity contribution >= 4 is 23.3 Å². The molecule has 112 valence electrons. The number of aromatic nitrogens is 2. The molecule has 1 unspecified atom stereocenters. The maximum Gasteiger partial charge on any atom is 0.267 e. The molecule has 0 aromatic carbocycles. The lowest BCUT2D eigenvalue weighted by atomic mass is 10.1. The van der Waals surface area contributed by atoms with Crippen LogP contribution in [-0.2, 0) is 0 Å². The van der Waals surface area contributed by atoms with E-state index in [-0.39, 0.29) is 23.6 Å². The highest BCUT2D eigenvalue weighted by Gasteiger charge is 2.24. The summed E-state index contributed by atoms with van der Waals surface area (Å²) in [5.41, 5.74) is 6.27. The molecule has 3 N–H and O–H groups in total. The van der Waals surface area contributed by atoms with E-state index in [1.165, 1.54) is 0 Å². The average molecular weight is 299 g/mol. The highest BCUT2D eigenvalue weighted by molar-refractivity contribution is 7.08. The van der Waals surface area contributed by atoms with Crippen molar-refractivity contribution in [2.24, 2.45) is 16.8 Å². The summed E-state index contributed by atoms with van der Waals surface area (Å²) in [4.78, 5) is 14.7. The zero-order chi connectivity index (χ0) is 15.3. The van der Waals surface area contributed by atoms with E-state index in [4.69, 9.17) is 10.9 Å². The van der Waals surface area contributed by atoms with E-state index < -0.39 is 0 Å². The van der Waals surface area contributed by atoms with Crippen molar-refractivity contribution < 1.29 is 10.0 Å². The van der Waals surface area contributed by atoms with E-state index in [1.807, 2.05) is 20.8 Å². The van der Waals surface area contributed by atoms with E-state index in [9.17, 15) is 4.79 Å². The fourth-order valence-corrected chi connectivity index (χ4v) is 2.53. The summed E-state index contributed by atoms with van der Waals surface area (Å²) < 4.78 is 3.87. The Bertz CT molecular complexity index is 486. The van der Waals surface area contributed by atoms with Crippen LogP contribution >= 0.6 is 11.5 Å². The third kappa shape index (κ3) is 3.66. The molecule has 20 heavy (non-hydrogen) atoms. The van der Waals surface area contributed by atoms with Gasteiger partial charge in [0.2, 0.25) is 0 Å². The van der Waals surface area contributed by atoms with Crippen LogP contribution in [-0.4, -0.2) is 44.5 Å². The summed E-state index contributed by atoms with van der Waals surface area (Å²) in [5, 5.41) is 15.7. The molecule has 0 radical (unpaired) electrons. The number of nitrogens with two attached hydrogens (primary N) is 1. The largest absolute Gasteiger partial charge is 0.409 e. The first-order valence-corrected chi connectivity index (χ1v) is 7.28. The van der Waals surface area contributed by atoms with Gasteiger partial charge in [-0.15, -0.1) is 5.10 Å². The van der Waals surface area contributed by atoms with Gasteiger partial charge in [0.25, 0.3) is 5.91 Å². The van der Waals surface area contributed by atoms with Gasteiger partial charge in [0.15, 0.2) is 0 Å². The van der Waals surface area contributed by atoms with Crippen LogP contribution in [0.5, 0.6) is 0 Å². The van der Waals surface area contributed by atoms with E-state index in [0.29, 0.717) is 18.0 Å². The van der Waals surface area contributed by atoms with Crippen LogP contribution < -0.4 is 5.73 Å². The van der Waals surface area contributed by atoms with E-state index in [1.54, 1.807) is 11.8 Å². The number of amidine groups is 1. The molecular weight excluding hydrogens is 278 g/mol. The van der Waals surface area contributed by atoms with Gasteiger partial charge in [0.05, 0.1) is 5.69 Å². The van der Waals surface area contributed by atoms with Gasteiger partial charge >= 0.3 is 0 Å². The first-order chi connectivity index (χ1) is 9.42. The van der Waals surface area contributed by atoms with E-state index >= 15 is 0 Å². The lowest BCUT2D eigenvalue weighted by Gasteiger charge is -2.23. The maximum atomic E-state index is 12.5. The molecular formula is C12H21N5O2S. The molecule has 1 heterocycles. The van der Waals surface area contributed by atoms with Gasteiger partial charge in [0.1, 0.15) is 10.7 Å². The van der Waals surface area contributed by atoms with Gasteiger partial charge in [-0.1, -0.05) is 30.4 Å². The number of carbonyl (C=O) groups is 1. The van der Waals surface area contributed by atoms with Crippen LogP contribution in [0.1, 0.15) is 49.0 Å². The van der Waals surface area contributed by atoms with Crippen LogP contribution in [0.15, 0.2) is 5.16 Å². The number of hydrogen-bond acceptors (Lipinski definition) is 6. The quantitative estimate of drug-likeness (QED) is 0.358. The minimum absolute atomic E-state index is 0.108. The number of amides is 1. The van der Waals surface area contributed by atoms with Gasteiger partial charge < -0.3 is 15.8 Å². The summed E-state index contributed by atoms with van der Waals surface area (Å²) in [7, 11) is 0. The van der Waals surface area contributed by atoms with E-state index in [2.05, 4.69) is 14.7 Å².